The first-order chi connectivity index (χ1) is 37.3. The summed E-state index contributed by atoms with van der Waals surface area (Å²) in [5, 5.41) is 0. The van der Waals surface area contributed by atoms with Crippen LogP contribution in [-0.2, 0) is 67.4 Å². The monoisotopic (exact) mass is 1060 g/mol. The van der Waals surface area contributed by atoms with Crippen LogP contribution in [0.5, 0.6) is 0 Å². The topological polar surface area (TPSA) is 127 Å². The van der Waals surface area contributed by atoms with Gasteiger partial charge in [-0.2, -0.15) is 0 Å². The van der Waals surface area contributed by atoms with Crippen molar-refractivity contribution in [3.63, 3.8) is 0 Å². The molecule has 1 aromatic rings. The highest BCUT2D eigenvalue weighted by Crippen LogP contribution is 2.20. The predicted molar refractivity (Wildman–Crippen MR) is 309 cm³/mol. The van der Waals surface area contributed by atoms with E-state index in [2.05, 4.69) is 81.2 Å². The fourth-order valence-electron chi connectivity index (χ4n) is 9.09. The third-order valence-electron chi connectivity index (χ3n) is 13.6. The van der Waals surface area contributed by atoms with E-state index >= 15 is 0 Å². The second-order valence-corrected chi connectivity index (χ2v) is 20.7. The number of ether oxygens (including phenoxy) is 6. The zero-order valence-electron chi connectivity index (χ0n) is 48.5. The molecule has 11 heteroatoms. The molecule has 1 aliphatic heterocycles. The quantitative estimate of drug-likeness (QED) is 0.0203. The van der Waals surface area contributed by atoms with Crippen LogP contribution in [0.4, 0.5) is 0 Å². The summed E-state index contributed by atoms with van der Waals surface area (Å²) in [6.07, 6.45) is 47.2. The minimum absolute atomic E-state index is 0.000419. The minimum atomic E-state index is -0.498. The van der Waals surface area contributed by atoms with Crippen LogP contribution in [0.2, 0.25) is 0 Å². The Morgan fingerprint density at radius 2 is 0.908 bits per heavy atom. The van der Waals surface area contributed by atoms with Gasteiger partial charge in [-0.05, 0) is 183 Å². The number of nitrogens with zero attached hydrogens (tertiary/aromatic N) is 1. The molecule has 11 nitrogen and oxygen atoms in total. The first-order valence-corrected chi connectivity index (χ1v) is 30.6. The van der Waals surface area contributed by atoms with Crippen LogP contribution in [0.1, 0.15) is 256 Å². The van der Waals surface area contributed by atoms with Crippen molar-refractivity contribution in [1.82, 2.24) is 4.90 Å². The third-order valence-corrected chi connectivity index (χ3v) is 13.6. The van der Waals surface area contributed by atoms with Crippen molar-refractivity contribution in [2.45, 2.75) is 272 Å². The smallest absolute Gasteiger partial charge is 0.306 e. The molecule has 0 saturated carbocycles. The summed E-state index contributed by atoms with van der Waals surface area (Å²) in [4.78, 5) is 54.7. The van der Waals surface area contributed by atoms with Gasteiger partial charge in [-0.3, -0.25) is 19.2 Å². The SMILES string of the molecule is CC/C=C\CCCCOC(CCC(=O)OCc1cc(COC(=O)CCCCCCC/C=C\C/C=C\CCCCC)cc(COC(=O)CCC(CCCCCC)OC(=O)CCCN2CCCC2)c1)OCCCC/C=C\CC. The molecule has 0 radical (unpaired) electrons. The molecule has 0 amide bonds. The van der Waals surface area contributed by atoms with Crippen molar-refractivity contribution < 1.29 is 47.6 Å². The molecule has 76 heavy (non-hydrogen) atoms. The van der Waals surface area contributed by atoms with Gasteiger partial charge in [0.25, 0.3) is 0 Å². The molecular formula is C65H107NO10. The first kappa shape index (κ1) is 68.0. The lowest BCUT2D eigenvalue weighted by Gasteiger charge is -2.19. The molecule has 0 spiro atoms. The van der Waals surface area contributed by atoms with Crippen LogP contribution in [0.3, 0.4) is 0 Å². The summed E-state index contributed by atoms with van der Waals surface area (Å²) >= 11 is 0. The van der Waals surface area contributed by atoms with E-state index in [1.165, 1.54) is 38.5 Å². The van der Waals surface area contributed by atoms with Crippen LogP contribution in [-0.4, -0.2) is 74.0 Å². The van der Waals surface area contributed by atoms with E-state index in [9.17, 15) is 19.2 Å². The van der Waals surface area contributed by atoms with Crippen molar-refractivity contribution in [2.24, 2.45) is 0 Å². The van der Waals surface area contributed by atoms with E-state index in [4.69, 9.17) is 28.4 Å². The maximum atomic E-state index is 13.2. The summed E-state index contributed by atoms with van der Waals surface area (Å²) in [5.41, 5.74) is 2.11. The van der Waals surface area contributed by atoms with Gasteiger partial charge in [-0.15, -0.1) is 0 Å². The molecule has 1 saturated heterocycles. The predicted octanol–water partition coefficient (Wildman–Crippen LogP) is 16.6. The molecule has 0 bridgehead atoms. The summed E-state index contributed by atoms with van der Waals surface area (Å²) in [6, 6.07) is 5.59. The lowest BCUT2D eigenvalue weighted by Crippen LogP contribution is -2.23. The van der Waals surface area contributed by atoms with E-state index in [-0.39, 0.29) is 62.6 Å². The van der Waals surface area contributed by atoms with E-state index in [0.717, 1.165) is 154 Å². The van der Waals surface area contributed by atoms with Crippen LogP contribution in [0.15, 0.2) is 66.8 Å². The van der Waals surface area contributed by atoms with Gasteiger partial charge in [0.1, 0.15) is 25.9 Å². The molecule has 2 rings (SSSR count). The highest BCUT2D eigenvalue weighted by atomic mass is 16.7. The van der Waals surface area contributed by atoms with Gasteiger partial charge >= 0.3 is 23.9 Å². The lowest BCUT2D eigenvalue weighted by molar-refractivity contribution is -0.160. The number of hydrogen-bond donors (Lipinski definition) is 0. The van der Waals surface area contributed by atoms with E-state index < -0.39 is 6.29 Å². The maximum Gasteiger partial charge on any atom is 0.306 e. The third kappa shape index (κ3) is 40.2. The highest BCUT2D eigenvalue weighted by molar-refractivity contribution is 5.71. The fourth-order valence-corrected chi connectivity index (χ4v) is 9.09. The number of carbonyl (C=O) groups is 4. The Kier molecular flexibility index (Phi) is 44.1. The molecule has 432 valence electrons. The van der Waals surface area contributed by atoms with Crippen molar-refractivity contribution in [1.29, 1.82) is 0 Å². The normalized spacial score (nSPS) is 13.5. The number of hydrogen-bond acceptors (Lipinski definition) is 11. The van der Waals surface area contributed by atoms with Gasteiger partial charge in [-0.1, -0.05) is 128 Å². The average molecular weight is 1060 g/mol. The molecule has 0 aliphatic carbocycles. The molecule has 1 fully saturated rings. The molecule has 1 aliphatic rings. The average Bonchev–Trinajstić information content (AvgIpc) is 3.95. The van der Waals surface area contributed by atoms with Crippen molar-refractivity contribution >= 4 is 23.9 Å². The first-order valence-electron chi connectivity index (χ1n) is 30.6. The van der Waals surface area contributed by atoms with Gasteiger partial charge in [0.05, 0.1) is 6.42 Å². The van der Waals surface area contributed by atoms with Gasteiger partial charge in [0, 0.05) is 38.9 Å². The van der Waals surface area contributed by atoms with E-state index in [1.54, 1.807) is 0 Å². The number of unbranched alkanes of at least 4 members (excludes halogenated alkanes) is 15. The van der Waals surface area contributed by atoms with Gasteiger partial charge in [0.2, 0.25) is 0 Å². The number of esters is 4. The molecule has 0 aromatic heterocycles. The standard InChI is InChI=1S/C65H107NO10/c1-5-9-13-17-20-21-22-23-24-25-26-27-28-29-33-40-61(67)73-54-57-51-58(55-74-62(68)43-42-60(39-32-16-12-8-4)76-64(70)41-38-48-66-46-34-35-47-66)53-59(52-57)56-75-63(69)44-45-65(71-49-36-30-18-14-10-6-2)72-50-37-31-19-15-11-7-3/h10-11,14-15,20-21,23-24,51-53,60,65H,5-9,12-13,16-19,22,25-50,54-56H2,1-4H3/b14-10-,15-11-,21-20-,24-23-. The second-order valence-electron chi connectivity index (χ2n) is 20.7. The molecular weight excluding hydrogens is 955 g/mol. The summed E-state index contributed by atoms with van der Waals surface area (Å²) < 4.78 is 35.6. The van der Waals surface area contributed by atoms with Gasteiger partial charge < -0.3 is 33.3 Å². The van der Waals surface area contributed by atoms with E-state index in [0.29, 0.717) is 55.6 Å². The number of rotatable bonds is 50. The molecule has 1 aromatic carbocycles. The Morgan fingerprint density at radius 3 is 1.46 bits per heavy atom. The van der Waals surface area contributed by atoms with Crippen molar-refractivity contribution in [3.05, 3.63) is 83.5 Å². The summed E-state index contributed by atoms with van der Waals surface area (Å²) in [7, 11) is 0. The van der Waals surface area contributed by atoms with Gasteiger partial charge in [0.15, 0.2) is 6.29 Å². The number of benzene rings is 1. The number of allylic oxidation sites excluding steroid dienone is 8. The second kappa shape index (κ2) is 49.2. The fraction of sp³-hybridized carbons (Fsp3) is 0.723. The van der Waals surface area contributed by atoms with Crippen LogP contribution < -0.4 is 0 Å². The Morgan fingerprint density at radius 1 is 0.461 bits per heavy atom. The van der Waals surface area contributed by atoms with Gasteiger partial charge in [-0.25, -0.2) is 0 Å². The number of likely N-dealkylation sites (tertiary alicyclic amines) is 1. The van der Waals surface area contributed by atoms with Crippen LogP contribution in [0.25, 0.3) is 0 Å². The zero-order chi connectivity index (χ0) is 54.8. The molecule has 1 heterocycles. The Bertz CT molecular complexity index is 1710. The molecule has 1 unspecified atom stereocenters. The molecule has 1 atom stereocenters. The Hall–Kier alpha value is -4.06. The molecule has 0 N–H and O–H groups in total. The largest absolute Gasteiger partial charge is 0.462 e. The van der Waals surface area contributed by atoms with Crippen molar-refractivity contribution in [3.8, 4) is 0 Å². The van der Waals surface area contributed by atoms with Crippen molar-refractivity contribution in [2.75, 3.05) is 32.8 Å². The Labute approximate surface area is 462 Å². The van der Waals surface area contributed by atoms with Crippen LogP contribution >= 0.6 is 0 Å². The summed E-state index contributed by atoms with van der Waals surface area (Å²) in [5.74, 6) is -1.21. The highest BCUT2D eigenvalue weighted by Gasteiger charge is 2.19. The zero-order valence-corrected chi connectivity index (χ0v) is 48.5. The van der Waals surface area contributed by atoms with E-state index in [1.807, 2.05) is 18.2 Å². The lowest BCUT2D eigenvalue weighted by atomic mass is 10.0. The summed E-state index contributed by atoms with van der Waals surface area (Å²) in [6.45, 7) is 12.9. The maximum absolute atomic E-state index is 13.2. The number of carbonyl (C=O) groups excluding carboxylic acids is 4. The van der Waals surface area contributed by atoms with Crippen LogP contribution in [0, 0.1) is 0 Å². The minimum Gasteiger partial charge on any atom is -0.462 e. The Balaban J connectivity index is 2.00.